The molecule has 0 radical (unpaired) electrons. The fraction of sp³-hybridized carbons (Fsp3) is 1.00. The van der Waals surface area contributed by atoms with Crippen LogP contribution in [0.2, 0.25) is 0 Å². The van der Waals surface area contributed by atoms with E-state index in [1.54, 1.807) is 0 Å². The Hall–Kier alpha value is -0.120. The zero-order valence-electron chi connectivity index (χ0n) is 8.63. The van der Waals surface area contributed by atoms with Crippen LogP contribution in [0.1, 0.15) is 39.0 Å². The van der Waals surface area contributed by atoms with Gasteiger partial charge in [-0.2, -0.15) is 0 Å². The zero-order chi connectivity index (χ0) is 9.68. The average molecular weight is 185 g/mol. The number of nitrogens with two attached hydrogens (primary N) is 2. The van der Waals surface area contributed by atoms with Gasteiger partial charge in [0.15, 0.2) is 0 Å². The van der Waals surface area contributed by atoms with Crippen molar-refractivity contribution in [2.24, 2.45) is 17.4 Å². The fourth-order valence-electron chi connectivity index (χ4n) is 1.80. The SMILES string of the molecule is CC(CNC1CCCCC1)C(N)N. The van der Waals surface area contributed by atoms with Crippen molar-refractivity contribution in [2.45, 2.75) is 51.2 Å². The Morgan fingerprint density at radius 2 is 1.85 bits per heavy atom. The smallest absolute Gasteiger partial charge is 0.0559 e. The first kappa shape index (κ1) is 11.0. The summed E-state index contributed by atoms with van der Waals surface area (Å²) in [4.78, 5) is 0. The number of hydrogen-bond acceptors (Lipinski definition) is 3. The molecule has 1 aliphatic carbocycles. The highest BCUT2D eigenvalue weighted by atomic mass is 14.9. The van der Waals surface area contributed by atoms with Crippen molar-refractivity contribution in [1.29, 1.82) is 0 Å². The highest BCUT2D eigenvalue weighted by Gasteiger charge is 2.14. The molecule has 5 N–H and O–H groups in total. The van der Waals surface area contributed by atoms with Crippen molar-refractivity contribution in [3.05, 3.63) is 0 Å². The normalized spacial score (nSPS) is 22.2. The van der Waals surface area contributed by atoms with E-state index >= 15 is 0 Å². The predicted molar refractivity (Wildman–Crippen MR) is 56.2 cm³/mol. The largest absolute Gasteiger partial charge is 0.316 e. The first-order valence-corrected chi connectivity index (χ1v) is 5.44. The molecule has 0 heterocycles. The van der Waals surface area contributed by atoms with Gasteiger partial charge in [-0.1, -0.05) is 26.2 Å². The molecule has 13 heavy (non-hydrogen) atoms. The second-order valence-electron chi connectivity index (χ2n) is 4.30. The molecule has 1 aliphatic rings. The van der Waals surface area contributed by atoms with Crippen molar-refractivity contribution < 1.29 is 0 Å². The minimum absolute atomic E-state index is 0.184. The molecule has 0 bridgehead atoms. The molecule has 78 valence electrons. The molecule has 0 aliphatic heterocycles. The lowest BCUT2D eigenvalue weighted by Gasteiger charge is -2.25. The molecular weight excluding hydrogens is 162 g/mol. The molecule has 0 saturated heterocycles. The van der Waals surface area contributed by atoms with Gasteiger partial charge >= 0.3 is 0 Å². The van der Waals surface area contributed by atoms with E-state index in [0.29, 0.717) is 5.92 Å². The van der Waals surface area contributed by atoms with Crippen LogP contribution in [0.4, 0.5) is 0 Å². The Labute approximate surface area is 81.2 Å². The van der Waals surface area contributed by atoms with E-state index in [0.717, 1.165) is 12.6 Å². The minimum atomic E-state index is -0.184. The summed E-state index contributed by atoms with van der Waals surface area (Å²) in [5.41, 5.74) is 11.2. The first-order valence-electron chi connectivity index (χ1n) is 5.44. The maximum atomic E-state index is 5.59. The van der Waals surface area contributed by atoms with E-state index in [1.807, 2.05) is 0 Å². The van der Waals surface area contributed by atoms with Gasteiger partial charge in [-0.25, -0.2) is 0 Å². The first-order chi connectivity index (χ1) is 6.20. The molecule has 0 amide bonds. The summed E-state index contributed by atoms with van der Waals surface area (Å²) in [6.45, 7) is 3.06. The summed E-state index contributed by atoms with van der Waals surface area (Å²) in [7, 11) is 0. The quantitative estimate of drug-likeness (QED) is 0.567. The number of nitrogens with one attached hydrogen (secondary N) is 1. The zero-order valence-corrected chi connectivity index (χ0v) is 8.63. The van der Waals surface area contributed by atoms with Crippen molar-refractivity contribution in [2.75, 3.05) is 6.54 Å². The molecule has 3 nitrogen and oxygen atoms in total. The van der Waals surface area contributed by atoms with Crippen molar-refractivity contribution in [1.82, 2.24) is 5.32 Å². The van der Waals surface area contributed by atoms with Crippen LogP contribution in [0.3, 0.4) is 0 Å². The molecule has 0 aromatic rings. The standard InChI is InChI=1S/C10H23N3/c1-8(10(11)12)7-13-9-5-3-2-4-6-9/h8-10,13H,2-7,11-12H2,1H3. The third-order valence-corrected chi connectivity index (χ3v) is 2.99. The molecule has 0 aromatic carbocycles. The summed E-state index contributed by atoms with van der Waals surface area (Å²) in [5, 5.41) is 3.54. The van der Waals surface area contributed by atoms with E-state index < -0.39 is 0 Å². The molecule has 1 fully saturated rings. The molecule has 1 saturated carbocycles. The average Bonchev–Trinajstić information content (AvgIpc) is 2.15. The van der Waals surface area contributed by atoms with E-state index in [-0.39, 0.29) is 6.17 Å². The van der Waals surface area contributed by atoms with Gasteiger partial charge in [-0.15, -0.1) is 0 Å². The molecule has 1 unspecified atom stereocenters. The molecular formula is C10H23N3. The second-order valence-corrected chi connectivity index (χ2v) is 4.30. The van der Waals surface area contributed by atoms with Gasteiger partial charge in [0, 0.05) is 12.6 Å². The topological polar surface area (TPSA) is 64.1 Å². The molecule has 1 rings (SSSR count). The van der Waals surface area contributed by atoms with E-state index in [4.69, 9.17) is 11.5 Å². The summed E-state index contributed by atoms with van der Waals surface area (Å²) in [5.74, 6) is 0.377. The van der Waals surface area contributed by atoms with Gasteiger partial charge < -0.3 is 16.8 Å². The van der Waals surface area contributed by atoms with Gasteiger partial charge in [-0.05, 0) is 18.8 Å². The van der Waals surface area contributed by atoms with Crippen LogP contribution in [0.5, 0.6) is 0 Å². The Kier molecular flexibility index (Phi) is 4.70. The van der Waals surface area contributed by atoms with Gasteiger partial charge in [-0.3, -0.25) is 0 Å². The monoisotopic (exact) mass is 185 g/mol. The van der Waals surface area contributed by atoms with Gasteiger partial charge in [0.1, 0.15) is 0 Å². The Bertz CT molecular complexity index is 130. The Balaban J connectivity index is 2.10. The predicted octanol–water partition coefficient (Wildman–Crippen LogP) is 0.788. The van der Waals surface area contributed by atoms with E-state index in [2.05, 4.69) is 12.2 Å². The third kappa shape index (κ3) is 4.07. The lowest BCUT2D eigenvalue weighted by Crippen LogP contribution is -2.44. The van der Waals surface area contributed by atoms with Crippen LogP contribution >= 0.6 is 0 Å². The van der Waals surface area contributed by atoms with Crippen LogP contribution < -0.4 is 16.8 Å². The molecule has 0 aromatic heterocycles. The number of rotatable bonds is 4. The summed E-state index contributed by atoms with van der Waals surface area (Å²) in [6, 6.07) is 0.718. The Morgan fingerprint density at radius 1 is 1.23 bits per heavy atom. The van der Waals surface area contributed by atoms with Crippen LogP contribution in [0.15, 0.2) is 0 Å². The van der Waals surface area contributed by atoms with Crippen molar-refractivity contribution >= 4 is 0 Å². The van der Waals surface area contributed by atoms with Crippen molar-refractivity contribution in [3.63, 3.8) is 0 Å². The maximum absolute atomic E-state index is 5.59. The highest BCUT2D eigenvalue weighted by Crippen LogP contribution is 2.17. The third-order valence-electron chi connectivity index (χ3n) is 2.99. The fourth-order valence-corrected chi connectivity index (χ4v) is 1.80. The molecule has 0 spiro atoms. The lowest BCUT2D eigenvalue weighted by atomic mass is 9.95. The minimum Gasteiger partial charge on any atom is -0.316 e. The van der Waals surface area contributed by atoms with Crippen LogP contribution in [-0.4, -0.2) is 18.8 Å². The van der Waals surface area contributed by atoms with E-state index in [1.165, 1.54) is 32.1 Å². The maximum Gasteiger partial charge on any atom is 0.0559 e. The van der Waals surface area contributed by atoms with Crippen LogP contribution in [0.25, 0.3) is 0 Å². The van der Waals surface area contributed by atoms with Gasteiger partial charge in [0.25, 0.3) is 0 Å². The summed E-state index contributed by atoms with van der Waals surface area (Å²) in [6.07, 6.45) is 6.63. The highest BCUT2D eigenvalue weighted by molar-refractivity contribution is 4.74. The lowest BCUT2D eigenvalue weighted by molar-refractivity contribution is 0.336. The molecule has 3 heteroatoms. The summed E-state index contributed by atoms with van der Waals surface area (Å²) < 4.78 is 0. The van der Waals surface area contributed by atoms with Crippen molar-refractivity contribution in [3.8, 4) is 0 Å². The number of hydrogen-bond donors (Lipinski definition) is 3. The van der Waals surface area contributed by atoms with E-state index in [9.17, 15) is 0 Å². The molecule has 1 atom stereocenters. The van der Waals surface area contributed by atoms with Crippen LogP contribution in [-0.2, 0) is 0 Å². The van der Waals surface area contributed by atoms with Gasteiger partial charge in [0.05, 0.1) is 6.17 Å². The Morgan fingerprint density at radius 3 is 2.38 bits per heavy atom. The van der Waals surface area contributed by atoms with Gasteiger partial charge in [0.2, 0.25) is 0 Å². The second kappa shape index (κ2) is 5.58. The van der Waals surface area contributed by atoms with Crippen LogP contribution in [0, 0.1) is 5.92 Å². The summed E-state index contributed by atoms with van der Waals surface area (Å²) >= 11 is 0.